The van der Waals surface area contributed by atoms with Gasteiger partial charge in [0, 0.05) is 10.7 Å². The van der Waals surface area contributed by atoms with Gasteiger partial charge in [0.25, 0.3) is 0 Å². The summed E-state index contributed by atoms with van der Waals surface area (Å²) in [4.78, 5) is 23.9. The summed E-state index contributed by atoms with van der Waals surface area (Å²) >= 11 is 5.88. The third-order valence-electron chi connectivity index (χ3n) is 3.65. The van der Waals surface area contributed by atoms with Crippen molar-refractivity contribution in [3.05, 3.63) is 65.2 Å². The first kappa shape index (κ1) is 22.0. The van der Waals surface area contributed by atoms with Crippen LogP contribution in [0.1, 0.15) is 18.1 Å². The molecular formula is C21H22ClN3O4. The Morgan fingerprint density at radius 1 is 1.14 bits per heavy atom. The molecule has 7 nitrogen and oxygen atoms in total. The number of hydrogen-bond acceptors (Lipinski definition) is 5. The largest absolute Gasteiger partial charge is 0.490 e. The fourth-order valence-electron chi connectivity index (χ4n) is 2.30. The zero-order valence-electron chi connectivity index (χ0n) is 16.2. The number of aryl methyl sites for hydroxylation is 1. The van der Waals surface area contributed by atoms with E-state index in [9.17, 15) is 9.59 Å². The number of ether oxygens (including phenoxy) is 2. The molecule has 0 spiro atoms. The highest BCUT2D eigenvalue weighted by Crippen LogP contribution is 2.28. The maximum atomic E-state index is 12.0. The predicted molar refractivity (Wildman–Crippen MR) is 114 cm³/mol. The summed E-state index contributed by atoms with van der Waals surface area (Å²) in [6, 6.07) is 10.1. The Bertz CT molecular complexity index is 928. The number of carbonyl (C=O) groups excluding carboxylic acids is 2. The molecule has 0 atom stereocenters. The van der Waals surface area contributed by atoms with E-state index in [0.717, 1.165) is 5.56 Å². The van der Waals surface area contributed by atoms with Crippen molar-refractivity contribution in [3.63, 3.8) is 0 Å². The molecule has 0 fully saturated rings. The Balaban J connectivity index is 1.98. The second-order valence-electron chi connectivity index (χ2n) is 5.85. The quantitative estimate of drug-likeness (QED) is 0.298. The van der Waals surface area contributed by atoms with Crippen molar-refractivity contribution in [1.82, 2.24) is 5.43 Å². The van der Waals surface area contributed by atoms with Gasteiger partial charge in [-0.1, -0.05) is 24.3 Å². The van der Waals surface area contributed by atoms with Gasteiger partial charge in [0.15, 0.2) is 11.5 Å². The van der Waals surface area contributed by atoms with Crippen molar-refractivity contribution < 1.29 is 19.1 Å². The number of halogens is 1. The van der Waals surface area contributed by atoms with Crippen molar-refractivity contribution in [3.8, 4) is 11.5 Å². The number of rotatable bonds is 8. The van der Waals surface area contributed by atoms with Crippen LogP contribution in [0, 0.1) is 6.92 Å². The molecule has 2 aromatic rings. The van der Waals surface area contributed by atoms with E-state index in [4.69, 9.17) is 21.1 Å². The van der Waals surface area contributed by atoms with Crippen molar-refractivity contribution in [2.75, 3.05) is 18.5 Å². The van der Waals surface area contributed by atoms with Crippen molar-refractivity contribution in [2.45, 2.75) is 13.8 Å². The van der Waals surface area contributed by atoms with Gasteiger partial charge in [0.2, 0.25) is 0 Å². The smallest absolute Gasteiger partial charge is 0.329 e. The maximum Gasteiger partial charge on any atom is 0.329 e. The molecule has 0 aliphatic heterocycles. The predicted octanol–water partition coefficient (Wildman–Crippen LogP) is 3.70. The highest BCUT2D eigenvalue weighted by Gasteiger charge is 2.14. The molecule has 0 heterocycles. The van der Waals surface area contributed by atoms with Gasteiger partial charge in [-0.3, -0.25) is 9.59 Å². The first-order valence-electron chi connectivity index (χ1n) is 8.85. The molecular weight excluding hydrogens is 394 g/mol. The van der Waals surface area contributed by atoms with E-state index in [-0.39, 0.29) is 0 Å². The lowest BCUT2D eigenvalue weighted by molar-refractivity contribution is -0.136. The summed E-state index contributed by atoms with van der Waals surface area (Å²) < 4.78 is 11.1. The number of nitrogens with zero attached hydrogens (tertiary/aromatic N) is 1. The molecule has 0 saturated carbocycles. The summed E-state index contributed by atoms with van der Waals surface area (Å²) in [6.45, 7) is 8.06. The number of benzene rings is 2. The standard InChI is InChI=1S/C21H22ClN3O4/c1-4-10-29-18-9-6-15(12-19(18)28-5-2)13-23-25-21(27)20(26)24-17-8-7-16(22)11-14(17)3/h4,6-9,11-13H,1,5,10H2,2-3H3,(H,24,26)(H,25,27)/b23-13+. The number of anilines is 1. The van der Waals surface area contributed by atoms with Gasteiger partial charge in [-0.15, -0.1) is 0 Å². The zero-order valence-corrected chi connectivity index (χ0v) is 17.0. The maximum absolute atomic E-state index is 12.0. The van der Waals surface area contributed by atoms with Crippen LogP contribution < -0.4 is 20.2 Å². The molecule has 8 heteroatoms. The molecule has 0 radical (unpaired) electrons. The normalized spacial score (nSPS) is 10.4. The van der Waals surface area contributed by atoms with Crippen molar-refractivity contribution in [1.29, 1.82) is 0 Å². The first-order chi connectivity index (χ1) is 13.9. The van der Waals surface area contributed by atoms with Gasteiger partial charge in [-0.2, -0.15) is 5.10 Å². The van der Waals surface area contributed by atoms with E-state index >= 15 is 0 Å². The first-order valence-corrected chi connectivity index (χ1v) is 9.23. The summed E-state index contributed by atoms with van der Waals surface area (Å²) in [5.41, 5.74) is 4.09. The zero-order chi connectivity index (χ0) is 21.2. The van der Waals surface area contributed by atoms with Crippen LogP contribution in [-0.4, -0.2) is 31.2 Å². The molecule has 0 aromatic heterocycles. The van der Waals surface area contributed by atoms with E-state index < -0.39 is 11.8 Å². The van der Waals surface area contributed by atoms with Gasteiger partial charge >= 0.3 is 11.8 Å². The lowest BCUT2D eigenvalue weighted by Crippen LogP contribution is -2.32. The van der Waals surface area contributed by atoms with E-state index in [1.54, 1.807) is 49.4 Å². The molecule has 0 aliphatic rings. The molecule has 0 saturated heterocycles. The average Bonchev–Trinajstić information content (AvgIpc) is 2.69. The Morgan fingerprint density at radius 3 is 2.62 bits per heavy atom. The molecule has 0 bridgehead atoms. The van der Waals surface area contributed by atoms with Gasteiger partial charge in [-0.25, -0.2) is 5.43 Å². The summed E-state index contributed by atoms with van der Waals surface area (Å²) in [5, 5.41) is 6.87. The number of nitrogens with one attached hydrogen (secondary N) is 2. The summed E-state index contributed by atoms with van der Waals surface area (Å²) in [5.74, 6) is -0.617. The van der Waals surface area contributed by atoms with Gasteiger partial charge in [-0.05, 0) is 61.4 Å². The molecule has 2 aromatic carbocycles. The van der Waals surface area contributed by atoms with Gasteiger partial charge < -0.3 is 14.8 Å². The van der Waals surface area contributed by atoms with Crippen LogP contribution in [0.3, 0.4) is 0 Å². The molecule has 0 unspecified atom stereocenters. The van der Waals surface area contributed by atoms with Gasteiger partial charge in [0.1, 0.15) is 6.61 Å². The van der Waals surface area contributed by atoms with Crippen LogP contribution in [0.5, 0.6) is 11.5 Å². The Kier molecular flexibility index (Phi) is 8.24. The molecule has 29 heavy (non-hydrogen) atoms. The molecule has 0 aliphatic carbocycles. The van der Waals surface area contributed by atoms with E-state index in [1.807, 2.05) is 6.92 Å². The van der Waals surface area contributed by atoms with Crippen LogP contribution in [0.2, 0.25) is 5.02 Å². The SMILES string of the molecule is C=CCOc1ccc(/C=N/NC(=O)C(=O)Nc2ccc(Cl)cc2C)cc1OCC. The number of hydrazone groups is 1. The van der Waals surface area contributed by atoms with Crippen LogP contribution in [0.25, 0.3) is 0 Å². The second kappa shape index (κ2) is 10.9. The fraction of sp³-hybridized carbons (Fsp3) is 0.190. The highest BCUT2D eigenvalue weighted by atomic mass is 35.5. The van der Waals surface area contributed by atoms with Crippen molar-refractivity contribution >= 4 is 35.3 Å². The van der Waals surface area contributed by atoms with Crippen LogP contribution in [-0.2, 0) is 9.59 Å². The van der Waals surface area contributed by atoms with E-state index in [1.165, 1.54) is 6.21 Å². The average molecular weight is 416 g/mol. The minimum atomic E-state index is -0.897. The third-order valence-corrected chi connectivity index (χ3v) is 3.88. The van der Waals surface area contributed by atoms with E-state index in [0.29, 0.717) is 41.0 Å². The summed E-state index contributed by atoms with van der Waals surface area (Å²) in [7, 11) is 0. The van der Waals surface area contributed by atoms with Gasteiger partial charge in [0.05, 0.1) is 12.8 Å². The van der Waals surface area contributed by atoms with Crippen molar-refractivity contribution in [2.24, 2.45) is 5.10 Å². The molecule has 2 N–H and O–H groups in total. The Labute approximate surface area is 174 Å². The summed E-state index contributed by atoms with van der Waals surface area (Å²) in [6.07, 6.45) is 3.04. The van der Waals surface area contributed by atoms with Crippen LogP contribution in [0.15, 0.2) is 54.2 Å². The molecule has 2 amide bonds. The lowest BCUT2D eigenvalue weighted by Gasteiger charge is -2.11. The molecule has 2 rings (SSSR count). The van der Waals surface area contributed by atoms with E-state index in [2.05, 4.69) is 22.4 Å². The number of amides is 2. The highest BCUT2D eigenvalue weighted by molar-refractivity contribution is 6.39. The third kappa shape index (κ3) is 6.65. The monoisotopic (exact) mass is 415 g/mol. The Morgan fingerprint density at radius 2 is 1.93 bits per heavy atom. The second-order valence-corrected chi connectivity index (χ2v) is 6.29. The van der Waals surface area contributed by atoms with Crippen LogP contribution >= 0.6 is 11.6 Å². The molecule has 152 valence electrons. The minimum Gasteiger partial charge on any atom is -0.490 e. The topological polar surface area (TPSA) is 89.0 Å². The Hall–Kier alpha value is -3.32. The number of carbonyl (C=O) groups is 2. The van der Waals surface area contributed by atoms with Crippen LogP contribution in [0.4, 0.5) is 5.69 Å². The fourth-order valence-corrected chi connectivity index (χ4v) is 2.53. The lowest BCUT2D eigenvalue weighted by atomic mass is 10.2. The number of hydrogen-bond donors (Lipinski definition) is 2. The minimum absolute atomic E-state index is 0.353.